The maximum Gasteiger partial charge on any atom is 0.322 e. The number of hydrogen-bond donors (Lipinski definition) is 3. The van der Waals surface area contributed by atoms with Gasteiger partial charge in [0.25, 0.3) is 0 Å². The molecule has 0 amide bonds. The number of carbonyl (C=O) groups is 1. The Morgan fingerprint density at radius 1 is 1.29 bits per heavy atom. The molecule has 0 unspecified atom stereocenters. The van der Waals surface area contributed by atoms with Gasteiger partial charge < -0.3 is 25.4 Å². The average molecular weight is 301 g/mol. The molecule has 1 saturated heterocycles. The summed E-state index contributed by atoms with van der Waals surface area (Å²) < 4.78 is 9.89. The number of carboxylic acids is 1. The topological polar surface area (TPSA) is 102 Å². The van der Waals surface area contributed by atoms with Gasteiger partial charge in [0, 0.05) is 22.4 Å². The first-order chi connectivity index (χ1) is 6.18. The molecule has 6 nitrogen and oxygen atoms in total. The standard InChI is InChI=1S/C4H8O2.C3H7NO3.Ag/c1-2-6-4-3-5-1;4-2(1-5)3(6)7;/h1-4H2;2,5H,1,4H2,(H,6,7);/t;2-;/m.0./s1. The number of nitrogens with two attached hydrogens (primary N) is 1. The van der Waals surface area contributed by atoms with Crippen molar-refractivity contribution < 1.29 is 46.9 Å². The molecule has 7 heteroatoms. The number of ether oxygens (including phenoxy) is 2. The van der Waals surface area contributed by atoms with Crippen LogP contribution in [-0.2, 0) is 36.6 Å². The first-order valence-electron chi connectivity index (χ1n) is 3.93. The molecule has 0 aromatic heterocycles. The Morgan fingerprint density at radius 3 is 1.71 bits per heavy atom. The number of hydrogen-bond acceptors (Lipinski definition) is 5. The van der Waals surface area contributed by atoms with E-state index in [4.69, 9.17) is 25.4 Å². The van der Waals surface area contributed by atoms with Gasteiger partial charge in [-0.15, -0.1) is 0 Å². The molecule has 1 fully saturated rings. The molecule has 1 aliphatic heterocycles. The Bertz CT molecular complexity index is 131. The minimum Gasteiger partial charge on any atom is -0.480 e. The van der Waals surface area contributed by atoms with Crippen molar-refractivity contribution in [3.8, 4) is 0 Å². The Kier molecular flexibility index (Phi) is 13.1. The van der Waals surface area contributed by atoms with Crippen molar-refractivity contribution in [1.29, 1.82) is 0 Å². The van der Waals surface area contributed by atoms with E-state index in [2.05, 4.69) is 0 Å². The predicted octanol–water partition coefficient (Wildman–Crippen LogP) is -1.58. The SMILES string of the molecule is C1COCCO1.N[C@@H](CO)C(=O)O.[Ag]. The summed E-state index contributed by atoms with van der Waals surface area (Å²) in [6.07, 6.45) is 0. The van der Waals surface area contributed by atoms with E-state index in [0.29, 0.717) is 0 Å². The van der Waals surface area contributed by atoms with E-state index in [1.54, 1.807) is 0 Å². The number of rotatable bonds is 2. The van der Waals surface area contributed by atoms with Gasteiger partial charge >= 0.3 is 5.97 Å². The van der Waals surface area contributed by atoms with Crippen LogP contribution in [0.5, 0.6) is 0 Å². The zero-order valence-electron chi connectivity index (χ0n) is 7.61. The molecule has 0 aliphatic carbocycles. The van der Waals surface area contributed by atoms with Crippen LogP contribution < -0.4 is 5.73 Å². The Balaban J connectivity index is 0. The second-order valence-electron chi connectivity index (χ2n) is 2.35. The molecule has 0 spiro atoms. The van der Waals surface area contributed by atoms with Gasteiger partial charge in [0.1, 0.15) is 6.04 Å². The molecule has 1 atom stereocenters. The van der Waals surface area contributed by atoms with Crippen LogP contribution in [0.1, 0.15) is 0 Å². The first-order valence-corrected chi connectivity index (χ1v) is 3.93. The molecule has 1 rings (SSSR count). The fourth-order valence-corrected chi connectivity index (χ4v) is 0.518. The van der Waals surface area contributed by atoms with Crippen LogP contribution in [0, 0.1) is 0 Å². The monoisotopic (exact) mass is 300 g/mol. The Hall–Kier alpha value is 0.0503. The first kappa shape index (κ1) is 16.5. The average Bonchev–Trinajstić information content (AvgIpc) is 2.20. The van der Waals surface area contributed by atoms with Crippen molar-refractivity contribution in [2.75, 3.05) is 33.0 Å². The van der Waals surface area contributed by atoms with Gasteiger partial charge in [0.2, 0.25) is 0 Å². The Morgan fingerprint density at radius 2 is 1.64 bits per heavy atom. The van der Waals surface area contributed by atoms with Gasteiger partial charge in [0.15, 0.2) is 0 Å². The van der Waals surface area contributed by atoms with E-state index in [1.165, 1.54) is 0 Å². The molecule has 14 heavy (non-hydrogen) atoms. The molecule has 89 valence electrons. The summed E-state index contributed by atoms with van der Waals surface area (Å²) in [5, 5.41) is 15.9. The zero-order chi connectivity index (χ0) is 10.1. The van der Waals surface area contributed by atoms with Gasteiger partial charge in [0.05, 0.1) is 33.0 Å². The molecule has 1 radical (unpaired) electrons. The summed E-state index contributed by atoms with van der Waals surface area (Å²) in [6.45, 7) is 2.61. The van der Waals surface area contributed by atoms with Crippen LogP contribution in [-0.4, -0.2) is 55.3 Å². The molecule has 0 aromatic rings. The predicted molar refractivity (Wildman–Crippen MR) is 44.3 cm³/mol. The van der Waals surface area contributed by atoms with Gasteiger partial charge in [-0.25, -0.2) is 0 Å². The molecular formula is C7H15AgNO5. The van der Waals surface area contributed by atoms with E-state index in [9.17, 15) is 4.79 Å². The third-order valence-electron chi connectivity index (χ3n) is 1.26. The minimum absolute atomic E-state index is 0. The van der Waals surface area contributed by atoms with Crippen LogP contribution in [0.15, 0.2) is 0 Å². The number of aliphatic carboxylic acids is 1. The van der Waals surface area contributed by atoms with Crippen molar-refractivity contribution in [2.45, 2.75) is 6.04 Å². The van der Waals surface area contributed by atoms with Crippen molar-refractivity contribution in [3.63, 3.8) is 0 Å². The molecule has 4 N–H and O–H groups in total. The summed E-state index contributed by atoms with van der Waals surface area (Å²) in [5.74, 6) is -1.18. The molecule has 1 aliphatic rings. The molecule has 0 bridgehead atoms. The quantitative estimate of drug-likeness (QED) is 0.532. The zero-order valence-corrected chi connectivity index (χ0v) is 9.09. The van der Waals surface area contributed by atoms with Gasteiger partial charge in [-0.05, 0) is 0 Å². The maximum absolute atomic E-state index is 9.65. The third-order valence-corrected chi connectivity index (χ3v) is 1.26. The molecular weight excluding hydrogens is 286 g/mol. The van der Waals surface area contributed by atoms with Crippen LogP contribution in [0.3, 0.4) is 0 Å². The van der Waals surface area contributed by atoms with E-state index in [-0.39, 0.29) is 22.4 Å². The van der Waals surface area contributed by atoms with Gasteiger partial charge in [-0.2, -0.15) is 0 Å². The molecule has 1 heterocycles. The van der Waals surface area contributed by atoms with E-state index in [0.717, 1.165) is 26.4 Å². The van der Waals surface area contributed by atoms with Crippen LogP contribution in [0.4, 0.5) is 0 Å². The van der Waals surface area contributed by atoms with E-state index >= 15 is 0 Å². The fraction of sp³-hybridized carbons (Fsp3) is 0.857. The summed E-state index contributed by atoms with van der Waals surface area (Å²) in [5.41, 5.74) is 4.77. The van der Waals surface area contributed by atoms with Gasteiger partial charge in [-0.1, -0.05) is 0 Å². The summed E-state index contributed by atoms with van der Waals surface area (Å²) in [7, 11) is 0. The second-order valence-corrected chi connectivity index (χ2v) is 2.35. The number of carboxylic acid groups (broad SMARTS) is 1. The van der Waals surface area contributed by atoms with E-state index < -0.39 is 18.6 Å². The van der Waals surface area contributed by atoms with Crippen molar-refractivity contribution in [3.05, 3.63) is 0 Å². The van der Waals surface area contributed by atoms with Crippen LogP contribution in [0.2, 0.25) is 0 Å². The number of aliphatic hydroxyl groups excluding tert-OH is 1. The number of aliphatic hydroxyl groups is 1. The van der Waals surface area contributed by atoms with Crippen LogP contribution in [0.25, 0.3) is 0 Å². The van der Waals surface area contributed by atoms with Crippen LogP contribution >= 0.6 is 0 Å². The summed E-state index contributed by atoms with van der Waals surface area (Å²) in [6, 6.07) is -1.13. The largest absolute Gasteiger partial charge is 0.480 e. The van der Waals surface area contributed by atoms with Crippen molar-refractivity contribution >= 4 is 5.97 Å². The summed E-state index contributed by atoms with van der Waals surface area (Å²) >= 11 is 0. The fourth-order valence-electron chi connectivity index (χ4n) is 0.518. The van der Waals surface area contributed by atoms with E-state index in [1.807, 2.05) is 0 Å². The summed E-state index contributed by atoms with van der Waals surface area (Å²) in [4.78, 5) is 9.65. The third kappa shape index (κ3) is 10.1. The minimum atomic E-state index is -1.18. The molecule has 0 aromatic carbocycles. The normalized spacial score (nSPS) is 17.0. The smallest absolute Gasteiger partial charge is 0.322 e. The van der Waals surface area contributed by atoms with Crippen molar-refractivity contribution in [2.24, 2.45) is 5.73 Å². The Labute approximate surface area is 97.9 Å². The van der Waals surface area contributed by atoms with Crippen molar-refractivity contribution in [1.82, 2.24) is 0 Å². The molecule has 0 saturated carbocycles. The maximum atomic E-state index is 9.65. The van der Waals surface area contributed by atoms with Gasteiger partial charge in [-0.3, -0.25) is 4.79 Å². The second kappa shape index (κ2) is 11.1.